The van der Waals surface area contributed by atoms with Crippen LogP contribution >= 0.6 is 11.6 Å². The Morgan fingerprint density at radius 1 is 0.712 bits per heavy atom. The molecule has 5 aromatic carbocycles. The van der Waals surface area contributed by atoms with Crippen LogP contribution in [0.25, 0.3) is 21.5 Å². The first-order chi connectivity index (χ1) is 25.3. The number of hydrogen-bond donors (Lipinski definition) is 2. The van der Waals surface area contributed by atoms with E-state index in [1.807, 2.05) is 0 Å². The van der Waals surface area contributed by atoms with E-state index in [0.29, 0.717) is 18.2 Å². The topological polar surface area (TPSA) is 346 Å². The molecule has 0 atom stereocenters. The van der Waals surface area contributed by atoms with Crippen molar-refractivity contribution in [2.24, 2.45) is 10.2 Å². The Morgan fingerprint density at radius 3 is 1.85 bits per heavy atom. The summed E-state index contributed by atoms with van der Waals surface area (Å²) in [7, 11) is -25.9. The Balaban J connectivity index is 0.00000435. The number of amides is 1. The van der Waals surface area contributed by atoms with Crippen LogP contribution in [0.5, 0.6) is 5.75 Å². The van der Waals surface area contributed by atoms with Gasteiger partial charge >= 0.3 is 129 Å². The molecular formula is C29H18ClN3Na4O17S5. The summed E-state index contributed by atoms with van der Waals surface area (Å²) in [6, 6.07) is 11.1. The molecule has 1 amide bonds. The van der Waals surface area contributed by atoms with Gasteiger partial charge in [-0.15, -0.1) is 10.2 Å². The molecule has 0 bridgehead atoms. The molecule has 2 N–H and O–H groups in total. The Hall–Kier alpha value is -0.670. The fourth-order valence-electron chi connectivity index (χ4n) is 5.04. The number of azo groups is 1. The van der Waals surface area contributed by atoms with E-state index in [0.717, 1.165) is 30.3 Å². The van der Waals surface area contributed by atoms with E-state index in [1.54, 1.807) is 0 Å². The zero-order chi connectivity index (χ0) is 40.9. The Morgan fingerprint density at radius 2 is 1.31 bits per heavy atom. The van der Waals surface area contributed by atoms with Crippen molar-refractivity contribution < 1.29 is 193 Å². The van der Waals surface area contributed by atoms with Crippen LogP contribution in [0.4, 0.5) is 17.1 Å². The van der Waals surface area contributed by atoms with Crippen LogP contribution in [0.3, 0.4) is 0 Å². The summed E-state index contributed by atoms with van der Waals surface area (Å²) >= 11 is 5.84. The molecule has 5 rings (SSSR count). The number of sulfone groups is 1. The van der Waals surface area contributed by atoms with Crippen molar-refractivity contribution >= 4 is 107 Å². The molecule has 0 unspecified atom stereocenters. The first kappa shape index (κ1) is 56.3. The summed E-state index contributed by atoms with van der Waals surface area (Å²) in [5.41, 5.74) is -2.91. The van der Waals surface area contributed by atoms with Gasteiger partial charge in [0.2, 0.25) is 0 Å². The number of hydrogen-bond acceptors (Lipinski definition) is 18. The van der Waals surface area contributed by atoms with Gasteiger partial charge in [-0.25, -0.2) is 37.9 Å². The van der Waals surface area contributed by atoms with E-state index >= 15 is 0 Å². The molecule has 0 aliphatic heterocycles. The van der Waals surface area contributed by atoms with Gasteiger partial charge in [-0.1, -0.05) is 29.5 Å². The number of nitrogens with one attached hydrogen (secondary N) is 1. The molecular weight excluding hydrogens is 950 g/mol. The molecule has 292 valence electrons. The summed E-state index contributed by atoms with van der Waals surface area (Å²) in [4.78, 5) is 8.87. The van der Waals surface area contributed by atoms with Gasteiger partial charge in [0.05, 0.1) is 37.6 Å². The minimum absolute atomic E-state index is 0. The number of carbonyl (C=O) groups excluding carboxylic acids is 1. The van der Waals surface area contributed by atoms with Crippen LogP contribution in [0.15, 0.2) is 103 Å². The second kappa shape index (κ2) is 21.3. The van der Waals surface area contributed by atoms with Crippen molar-refractivity contribution in [2.75, 3.05) is 17.7 Å². The smallest absolute Gasteiger partial charge is 0.870 e. The molecule has 0 saturated heterocycles. The third-order valence-corrected chi connectivity index (χ3v) is 12.4. The number of benzene rings is 5. The van der Waals surface area contributed by atoms with Crippen molar-refractivity contribution in [1.29, 1.82) is 0 Å². The zero-order valence-corrected chi connectivity index (χ0v) is 43.5. The van der Waals surface area contributed by atoms with Gasteiger partial charge in [-0.2, -0.15) is 8.42 Å². The Bertz CT molecular complexity index is 3050. The Labute approximate surface area is 429 Å². The van der Waals surface area contributed by atoms with Gasteiger partial charge in [0.1, 0.15) is 36.0 Å². The SMILES string of the molecule is O=C(Nc1cc(S(=O)(=O)[O-])cc2cc(S(=O)(=O)[O-])c(N=Nc3ccc4cc(S(=O)(=O)CCOS(=O)(=O)O)ccc4c3S(=O)(=O)[O-])c([O-])c12)c1ccc(Cl)cc1.[Na+].[Na+].[Na+].[Na+]. The van der Waals surface area contributed by atoms with Crippen LogP contribution in [0, 0.1) is 0 Å². The molecule has 20 nitrogen and oxygen atoms in total. The number of fused-ring (bicyclic) bond motifs is 2. The van der Waals surface area contributed by atoms with Crippen LogP contribution in [0.2, 0.25) is 5.02 Å². The van der Waals surface area contributed by atoms with Gasteiger partial charge in [0.15, 0.2) is 9.84 Å². The largest absolute Gasteiger partial charge is 1.00 e. The van der Waals surface area contributed by atoms with Crippen LogP contribution in [-0.4, -0.2) is 78.6 Å². The molecule has 5 aromatic rings. The van der Waals surface area contributed by atoms with Crippen molar-refractivity contribution in [2.45, 2.75) is 19.6 Å². The normalized spacial score (nSPS) is 12.2. The maximum atomic E-state index is 13.9. The minimum atomic E-state index is -5.71. The summed E-state index contributed by atoms with van der Waals surface area (Å²) < 4.78 is 170. The average molecular weight is 968 g/mol. The summed E-state index contributed by atoms with van der Waals surface area (Å²) in [5, 5.41) is 21.3. The molecule has 0 saturated carbocycles. The number of rotatable bonds is 12. The zero-order valence-electron chi connectivity index (χ0n) is 30.6. The van der Waals surface area contributed by atoms with E-state index in [-0.39, 0.29) is 134 Å². The molecule has 0 spiro atoms. The van der Waals surface area contributed by atoms with Crippen molar-refractivity contribution in [3.8, 4) is 5.75 Å². The quantitative estimate of drug-likeness (QED) is 0.0666. The van der Waals surface area contributed by atoms with E-state index in [4.69, 9.17) is 16.2 Å². The fourth-order valence-corrected chi connectivity index (χ4v) is 8.68. The van der Waals surface area contributed by atoms with Gasteiger partial charge in [-0.05, 0) is 76.8 Å². The minimum Gasteiger partial charge on any atom is -0.870 e. The Kier molecular flexibility index (Phi) is 20.4. The molecule has 0 aliphatic rings. The standard InChI is InChI=1S/C29H22ClN3O17S5.4Na/c30-18-4-1-15(2-5-18)29(35)31-23-14-20(52(38,39)40)12-17-13-24(53(41,42)43)26(27(34)25(17)23)33-32-22-8-3-16-11-19(6-7-21(16)28(22)54(44,45)46)51(36,37)10-9-50-55(47,48)49;;;;/h1-8,11-14,34H,9-10H2,(H,31,35)(H,38,39,40)(H,41,42,43)(H,44,45,46)(H,47,48,49);;;;/q;4*+1/p-4. The van der Waals surface area contributed by atoms with Crippen LogP contribution in [0.1, 0.15) is 10.4 Å². The second-order valence-electron chi connectivity index (χ2n) is 11.0. The second-order valence-corrected chi connectivity index (χ2v) is 18.7. The maximum absolute atomic E-state index is 13.9. The summed E-state index contributed by atoms with van der Waals surface area (Å²) in [6.07, 6.45) is 0. The van der Waals surface area contributed by atoms with Crippen LogP contribution in [-0.2, 0) is 54.8 Å². The first-order valence-corrected chi connectivity index (χ1v) is 22.0. The monoisotopic (exact) mass is 967 g/mol. The van der Waals surface area contributed by atoms with Gasteiger partial charge < -0.3 is 24.1 Å². The van der Waals surface area contributed by atoms with Gasteiger partial charge in [-0.3, -0.25) is 9.35 Å². The third kappa shape index (κ3) is 13.9. The molecule has 0 radical (unpaired) electrons. The maximum Gasteiger partial charge on any atom is 1.00 e. The molecule has 0 aliphatic carbocycles. The van der Waals surface area contributed by atoms with Crippen molar-refractivity contribution in [3.05, 3.63) is 83.4 Å². The van der Waals surface area contributed by atoms with E-state index in [1.165, 1.54) is 24.3 Å². The average Bonchev–Trinajstić information content (AvgIpc) is 3.05. The predicted octanol–water partition coefficient (Wildman–Crippen LogP) is -9.29. The van der Waals surface area contributed by atoms with Crippen molar-refractivity contribution in [1.82, 2.24) is 0 Å². The van der Waals surface area contributed by atoms with E-state index in [9.17, 15) is 65.6 Å². The number of anilines is 1. The van der Waals surface area contributed by atoms with E-state index in [2.05, 4.69) is 19.7 Å². The predicted molar refractivity (Wildman–Crippen MR) is 184 cm³/mol. The molecule has 0 heterocycles. The third-order valence-electron chi connectivity index (χ3n) is 7.39. The molecule has 0 fully saturated rings. The molecule has 30 heteroatoms. The number of carbonyl (C=O) groups is 1. The molecule has 0 aromatic heterocycles. The van der Waals surface area contributed by atoms with Crippen LogP contribution < -0.4 is 129 Å². The van der Waals surface area contributed by atoms with Gasteiger partial charge in [0, 0.05) is 21.7 Å². The summed E-state index contributed by atoms with van der Waals surface area (Å²) in [6.45, 7) is -0.995. The fraction of sp³-hybridized carbons (Fsp3) is 0.0690. The number of halogens is 1. The van der Waals surface area contributed by atoms with Crippen molar-refractivity contribution in [3.63, 3.8) is 0 Å². The number of nitrogens with zero attached hydrogens (tertiary/aromatic N) is 2. The van der Waals surface area contributed by atoms with E-state index < -0.39 is 127 Å². The molecule has 59 heavy (non-hydrogen) atoms. The van der Waals surface area contributed by atoms with Gasteiger partial charge in [0.25, 0.3) is 5.91 Å². The summed E-state index contributed by atoms with van der Waals surface area (Å²) in [5.74, 6) is -3.45. The first-order valence-electron chi connectivity index (χ1n) is 14.4.